The molecule has 2 fully saturated rings. The van der Waals surface area contributed by atoms with E-state index >= 15 is 0 Å². The summed E-state index contributed by atoms with van der Waals surface area (Å²) >= 11 is 0. The lowest BCUT2D eigenvalue weighted by molar-refractivity contribution is -0.119. The van der Waals surface area contributed by atoms with Gasteiger partial charge in [0.1, 0.15) is 0 Å². The zero-order valence-electron chi connectivity index (χ0n) is 9.17. The Morgan fingerprint density at radius 1 is 1.31 bits per heavy atom. The van der Waals surface area contributed by atoms with Crippen LogP contribution >= 0.6 is 0 Å². The summed E-state index contributed by atoms with van der Waals surface area (Å²) in [7, 11) is 0. The molecule has 1 amide bonds. The molecule has 3 atom stereocenters. The van der Waals surface area contributed by atoms with E-state index < -0.39 is 0 Å². The molecule has 1 aliphatic carbocycles. The van der Waals surface area contributed by atoms with Crippen LogP contribution in [0.3, 0.4) is 0 Å². The van der Waals surface area contributed by atoms with Gasteiger partial charge in [0.2, 0.25) is 5.91 Å². The Morgan fingerprint density at radius 2 is 2.06 bits per heavy atom. The molecule has 3 heteroatoms. The monoisotopic (exact) mass is 216 g/mol. The van der Waals surface area contributed by atoms with E-state index in [0.717, 1.165) is 18.7 Å². The standard InChI is InChI=1S/C13H16N2O/c14-7-6-10-11-8-15(13(16)12(10)11)9-4-2-1-3-5-9/h1-5,10-12H,6-8,14H2/t10-,11-,12+/m0/s1. The van der Waals surface area contributed by atoms with Crippen LogP contribution in [0, 0.1) is 17.8 Å². The topological polar surface area (TPSA) is 46.3 Å². The van der Waals surface area contributed by atoms with Crippen LogP contribution in [0.5, 0.6) is 0 Å². The number of carbonyl (C=O) groups excluding carboxylic acids is 1. The quantitative estimate of drug-likeness (QED) is 0.826. The number of rotatable bonds is 3. The molecule has 84 valence electrons. The summed E-state index contributed by atoms with van der Waals surface area (Å²) < 4.78 is 0. The second-order valence-electron chi connectivity index (χ2n) is 4.72. The molecule has 0 bridgehead atoms. The van der Waals surface area contributed by atoms with E-state index in [-0.39, 0.29) is 5.92 Å². The van der Waals surface area contributed by atoms with Crippen LogP contribution in [0.1, 0.15) is 6.42 Å². The van der Waals surface area contributed by atoms with Gasteiger partial charge in [0.25, 0.3) is 0 Å². The summed E-state index contributed by atoms with van der Waals surface area (Å²) in [5.74, 6) is 1.70. The van der Waals surface area contributed by atoms with Gasteiger partial charge >= 0.3 is 0 Å². The highest BCUT2D eigenvalue weighted by molar-refractivity contribution is 6.00. The lowest BCUT2D eigenvalue weighted by atomic mass is 10.2. The van der Waals surface area contributed by atoms with Crippen molar-refractivity contribution in [2.24, 2.45) is 23.5 Å². The van der Waals surface area contributed by atoms with E-state index in [9.17, 15) is 4.79 Å². The minimum Gasteiger partial charge on any atom is -0.330 e. The Kier molecular flexibility index (Phi) is 2.21. The van der Waals surface area contributed by atoms with E-state index in [0.29, 0.717) is 24.3 Å². The number of para-hydroxylation sites is 1. The van der Waals surface area contributed by atoms with Crippen LogP contribution in [0.2, 0.25) is 0 Å². The minimum atomic E-state index is 0.267. The summed E-state index contributed by atoms with van der Waals surface area (Å²) in [5, 5.41) is 0. The van der Waals surface area contributed by atoms with E-state index in [1.165, 1.54) is 0 Å². The molecule has 0 aromatic heterocycles. The van der Waals surface area contributed by atoms with Crippen molar-refractivity contribution in [2.45, 2.75) is 6.42 Å². The third kappa shape index (κ3) is 1.35. The molecule has 1 aromatic rings. The average Bonchev–Trinajstić information content (AvgIpc) is 2.88. The zero-order chi connectivity index (χ0) is 11.1. The molecule has 1 saturated carbocycles. The summed E-state index contributed by atoms with van der Waals surface area (Å²) in [6.45, 7) is 1.59. The molecule has 1 aromatic carbocycles. The lowest BCUT2D eigenvalue weighted by Gasteiger charge is -2.19. The highest BCUT2D eigenvalue weighted by Gasteiger charge is 2.60. The van der Waals surface area contributed by atoms with Crippen molar-refractivity contribution in [3.05, 3.63) is 30.3 Å². The lowest BCUT2D eigenvalue weighted by Crippen LogP contribution is -2.30. The number of nitrogens with zero attached hydrogens (tertiary/aromatic N) is 1. The summed E-state index contributed by atoms with van der Waals surface area (Å²) in [6, 6.07) is 9.93. The maximum atomic E-state index is 12.1. The summed E-state index contributed by atoms with van der Waals surface area (Å²) in [5.41, 5.74) is 6.57. The molecule has 0 spiro atoms. The molecule has 0 radical (unpaired) electrons. The fourth-order valence-electron chi connectivity index (χ4n) is 2.97. The van der Waals surface area contributed by atoms with Gasteiger partial charge in [-0.3, -0.25) is 4.79 Å². The van der Waals surface area contributed by atoms with Crippen LogP contribution in [0.4, 0.5) is 5.69 Å². The predicted molar refractivity (Wildman–Crippen MR) is 62.9 cm³/mol. The number of nitrogens with two attached hydrogens (primary N) is 1. The van der Waals surface area contributed by atoms with Gasteiger partial charge in [0, 0.05) is 18.2 Å². The van der Waals surface area contributed by atoms with Gasteiger partial charge in [-0.1, -0.05) is 18.2 Å². The SMILES string of the molecule is NCC[C@H]1[C@@H]2CN(c3ccccc3)C(=O)[C@H]12. The maximum Gasteiger partial charge on any atom is 0.230 e. The fraction of sp³-hybridized carbons (Fsp3) is 0.462. The van der Waals surface area contributed by atoms with Crippen molar-refractivity contribution in [3.8, 4) is 0 Å². The number of fused-ring (bicyclic) bond motifs is 1. The number of anilines is 1. The van der Waals surface area contributed by atoms with Crippen molar-refractivity contribution in [1.29, 1.82) is 0 Å². The van der Waals surface area contributed by atoms with Gasteiger partial charge in [0.05, 0.1) is 0 Å². The number of hydrogen-bond acceptors (Lipinski definition) is 2. The van der Waals surface area contributed by atoms with Crippen molar-refractivity contribution < 1.29 is 4.79 Å². The van der Waals surface area contributed by atoms with Crippen LogP contribution in [-0.2, 0) is 4.79 Å². The van der Waals surface area contributed by atoms with Gasteiger partial charge in [-0.25, -0.2) is 0 Å². The van der Waals surface area contributed by atoms with E-state index in [1.54, 1.807) is 0 Å². The molecular formula is C13H16N2O. The molecule has 1 aliphatic heterocycles. The molecule has 1 heterocycles. The van der Waals surface area contributed by atoms with Crippen LogP contribution in [0.15, 0.2) is 30.3 Å². The van der Waals surface area contributed by atoms with Crippen LogP contribution in [-0.4, -0.2) is 19.0 Å². The molecule has 3 nitrogen and oxygen atoms in total. The Bertz CT molecular complexity index is 404. The first-order valence-electron chi connectivity index (χ1n) is 5.89. The average molecular weight is 216 g/mol. The first-order chi connectivity index (χ1) is 7.83. The Morgan fingerprint density at radius 3 is 2.62 bits per heavy atom. The highest BCUT2D eigenvalue weighted by Crippen LogP contribution is 2.54. The third-order valence-electron chi connectivity index (χ3n) is 3.84. The molecule has 0 unspecified atom stereocenters. The summed E-state index contributed by atoms with van der Waals surface area (Å²) in [6.07, 6.45) is 1.00. The Hall–Kier alpha value is -1.35. The van der Waals surface area contributed by atoms with Crippen LogP contribution < -0.4 is 10.6 Å². The number of piperidine rings is 1. The van der Waals surface area contributed by atoms with E-state index in [1.807, 2.05) is 35.2 Å². The van der Waals surface area contributed by atoms with Gasteiger partial charge in [-0.15, -0.1) is 0 Å². The fourth-order valence-corrected chi connectivity index (χ4v) is 2.97. The van der Waals surface area contributed by atoms with Gasteiger partial charge in [0.15, 0.2) is 0 Å². The Balaban J connectivity index is 1.73. The number of benzene rings is 1. The van der Waals surface area contributed by atoms with Crippen LogP contribution in [0.25, 0.3) is 0 Å². The molecule has 2 N–H and O–H groups in total. The predicted octanol–water partition coefficient (Wildman–Crippen LogP) is 1.24. The Labute approximate surface area is 95.2 Å². The maximum absolute atomic E-state index is 12.1. The minimum absolute atomic E-state index is 0.267. The van der Waals surface area contributed by atoms with Crippen molar-refractivity contribution in [2.75, 3.05) is 18.0 Å². The molecule has 2 aliphatic rings. The third-order valence-corrected chi connectivity index (χ3v) is 3.84. The largest absolute Gasteiger partial charge is 0.330 e. The van der Waals surface area contributed by atoms with Gasteiger partial charge in [-0.2, -0.15) is 0 Å². The van der Waals surface area contributed by atoms with Gasteiger partial charge in [-0.05, 0) is 36.9 Å². The molecule has 16 heavy (non-hydrogen) atoms. The number of hydrogen-bond donors (Lipinski definition) is 1. The van der Waals surface area contributed by atoms with Crippen molar-refractivity contribution in [3.63, 3.8) is 0 Å². The zero-order valence-corrected chi connectivity index (χ0v) is 9.17. The van der Waals surface area contributed by atoms with Crippen molar-refractivity contribution >= 4 is 11.6 Å². The van der Waals surface area contributed by atoms with E-state index in [4.69, 9.17) is 5.73 Å². The first-order valence-corrected chi connectivity index (χ1v) is 5.89. The first kappa shape index (κ1) is 9.85. The number of carbonyl (C=O) groups is 1. The van der Waals surface area contributed by atoms with Gasteiger partial charge < -0.3 is 10.6 Å². The molecular weight excluding hydrogens is 200 g/mol. The number of amides is 1. The normalized spacial score (nSPS) is 31.7. The van der Waals surface area contributed by atoms with Crippen molar-refractivity contribution in [1.82, 2.24) is 0 Å². The molecule has 3 rings (SSSR count). The smallest absolute Gasteiger partial charge is 0.230 e. The second-order valence-corrected chi connectivity index (χ2v) is 4.72. The molecule has 1 saturated heterocycles. The second kappa shape index (κ2) is 3.59. The highest BCUT2D eigenvalue weighted by atomic mass is 16.2. The van der Waals surface area contributed by atoms with E-state index in [2.05, 4.69) is 0 Å². The summed E-state index contributed by atoms with van der Waals surface area (Å²) in [4.78, 5) is 14.0.